The zero-order valence-electron chi connectivity index (χ0n) is 16.7. The van der Waals surface area contributed by atoms with Gasteiger partial charge in [0.1, 0.15) is 0 Å². The van der Waals surface area contributed by atoms with E-state index in [1.807, 2.05) is 4.90 Å². The molecular formula is C20H39NO4. The standard InChI is InChI=1S/C20H39NO4/c1-5-6-14-20(3,4)18(23)12-11-16-21(17(2)22)15-10-8-7-9-13-19(24)25/h18,23H,5-16H2,1-4H3,(H,24,25). The van der Waals surface area contributed by atoms with E-state index in [2.05, 4.69) is 20.8 Å². The fourth-order valence-electron chi connectivity index (χ4n) is 3.02. The van der Waals surface area contributed by atoms with Crippen molar-refractivity contribution in [3.63, 3.8) is 0 Å². The number of carboxylic acid groups (broad SMARTS) is 1. The van der Waals surface area contributed by atoms with Crippen LogP contribution in [0.2, 0.25) is 0 Å². The minimum Gasteiger partial charge on any atom is -0.481 e. The summed E-state index contributed by atoms with van der Waals surface area (Å²) in [6.45, 7) is 9.39. The number of rotatable bonds is 15. The Balaban J connectivity index is 4.03. The van der Waals surface area contributed by atoms with Gasteiger partial charge >= 0.3 is 5.97 Å². The molecule has 1 amide bonds. The number of aliphatic hydroxyl groups is 1. The summed E-state index contributed by atoms with van der Waals surface area (Å²) >= 11 is 0. The highest BCUT2D eigenvalue weighted by Crippen LogP contribution is 2.30. The molecule has 25 heavy (non-hydrogen) atoms. The summed E-state index contributed by atoms with van der Waals surface area (Å²) in [5.41, 5.74) is -0.0682. The second-order valence-electron chi connectivity index (χ2n) is 7.81. The first-order chi connectivity index (χ1) is 11.7. The van der Waals surface area contributed by atoms with Crippen molar-refractivity contribution in [3.8, 4) is 0 Å². The Hall–Kier alpha value is -1.10. The molecule has 5 nitrogen and oxygen atoms in total. The van der Waals surface area contributed by atoms with E-state index < -0.39 is 5.97 Å². The van der Waals surface area contributed by atoms with Crippen LogP contribution in [0.4, 0.5) is 0 Å². The Bertz CT molecular complexity index is 382. The maximum Gasteiger partial charge on any atom is 0.303 e. The van der Waals surface area contributed by atoms with Crippen molar-refractivity contribution in [2.75, 3.05) is 13.1 Å². The third-order valence-electron chi connectivity index (χ3n) is 5.00. The maximum atomic E-state index is 11.8. The number of hydrogen-bond acceptors (Lipinski definition) is 3. The van der Waals surface area contributed by atoms with Crippen molar-refractivity contribution in [2.45, 2.75) is 98.0 Å². The fourth-order valence-corrected chi connectivity index (χ4v) is 3.02. The number of unbranched alkanes of at least 4 members (excludes halogenated alkanes) is 4. The molecule has 0 aliphatic rings. The summed E-state index contributed by atoms with van der Waals surface area (Å²) in [5, 5.41) is 19.0. The maximum absolute atomic E-state index is 11.8. The minimum absolute atomic E-state index is 0.0682. The van der Waals surface area contributed by atoms with Crippen molar-refractivity contribution in [1.82, 2.24) is 4.90 Å². The number of carbonyl (C=O) groups is 2. The molecule has 0 aliphatic carbocycles. The largest absolute Gasteiger partial charge is 0.481 e. The zero-order chi connectivity index (χ0) is 19.3. The third-order valence-corrected chi connectivity index (χ3v) is 5.00. The van der Waals surface area contributed by atoms with E-state index in [1.54, 1.807) is 6.92 Å². The van der Waals surface area contributed by atoms with Gasteiger partial charge in [0, 0.05) is 26.4 Å². The van der Waals surface area contributed by atoms with Gasteiger partial charge in [-0.3, -0.25) is 9.59 Å². The lowest BCUT2D eigenvalue weighted by atomic mass is 9.80. The Kier molecular flexibility index (Phi) is 12.6. The Morgan fingerprint density at radius 1 is 1.00 bits per heavy atom. The molecule has 0 heterocycles. The number of carboxylic acids is 1. The highest BCUT2D eigenvalue weighted by Gasteiger charge is 2.26. The van der Waals surface area contributed by atoms with E-state index in [0.717, 1.165) is 57.9 Å². The first-order valence-corrected chi connectivity index (χ1v) is 9.86. The van der Waals surface area contributed by atoms with Crippen LogP contribution in [-0.2, 0) is 9.59 Å². The van der Waals surface area contributed by atoms with Gasteiger partial charge in [0.15, 0.2) is 0 Å². The van der Waals surface area contributed by atoms with E-state index in [1.165, 1.54) is 0 Å². The molecule has 148 valence electrons. The lowest BCUT2D eigenvalue weighted by Gasteiger charge is -2.31. The molecule has 0 saturated carbocycles. The van der Waals surface area contributed by atoms with E-state index >= 15 is 0 Å². The molecule has 5 heteroatoms. The Labute approximate surface area is 153 Å². The molecule has 0 aromatic rings. The summed E-state index contributed by atoms with van der Waals surface area (Å²) in [5.74, 6) is -0.670. The summed E-state index contributed by atoms with van der Waals surface area (Å²) in [6.07, 6.45) is 8.17. The first-order valence-electron chi connectivity index (χ1n) is 9.86. The SMILES string of the molecule is CCCCC(C)(C)C(O)CCCN(CCCCCCC(=O)O)C(C)=O. The van der Waals surface area contributed by atoms with Crippen LogP contribution in [0, 0.1) is 5.41 Å². The first kappa shape index (κ1) is 23.9. The van der Waals surface area contributed by atoms with Crippen LogP contribution in [0.15, 0.2) is 0 Å². The van der Waals surface area contributed by atoms with Gasteiger partial charge in [-0.05, 0) is 37.5 Å². The number of hydrogen-bond donors (Lipinski definition) is 2. The average Bonchev–Trinajstić information content (AvgIpc) is 2.53. The van der Waals surface area contributed by atoms with Crippen LogP contribution in [0.3, 0.4) is 0 Å². The molecule has 2 N–H and O–H groups in total. The van der Waals surface area contributed by atoms with E-state index in [0.29, 0.717) is 13.0 Å². The van der Waals surface area contributed by atoms with Gasteiger partial charge in [0.05, 0.1) is 6.10 Å². The van der Waals surface area contributed by atoms with Gasteiger partial charge in [-0.25, -0.2) is 0 Å². The monoisotopic (exact) mass is 357 g/mol. The Morgan fingerprint density at radius 3 is 2.16 bits per heavy atom. The topological polar surface area (TPSA) is 77.8 Å². The number of nitrogens with zero attached hydrogens (tertiary/aromatic N) is 1. The molecule has 0 aromatic carbocycles. The van der Waals surface area contributed by atoms with Gasteiger partial charge < -0.3 is 15.1 Å². The summed E-state index contributed by atoms with van der Waals surface area (Å²) in [4.78, 5) is 24.1. The second kappa shape index (κ2) is 13.2. The molecule has 0 rings (SSSR count). The predicted octanol–water partition coefficient (Wildman–Crippen LogP) is 4.23. The van der Waals surface area contributed by atoms with Crippen LogP contribution in [-0.4, -0.2) is 46.2 Å². The van der Waals surface area contributed by atoms with Crippen molar-refractivity contribution in [1.29, 1.82) is 0 Å². The molecule has 1 atom stereocenters. The molecule has 0 saturated heterocycles. The lowest BCUT2D eigenvalue weighted by Crippen LogP contribution is -2.33. The van der Waals surface area contributed by atoms with Gasteiger partial charge in [-0.1, -0.05) is 46.5 Å². The molecule has 0 bridgehead atoms. The molecule has 0 radical (unpaired) electrons. The molecule has 0 aromatic heterocycles. The van der Waals surface area contributed by atoms with Crippen molar-refractivity contribution in [3.05, 3.63) is 0 Å². The number of aliphatic hydroxyl groups excluding tert-OH is 1. The van der Waals surface area contributed by atoms with Crippen molar-refractivity contribution >= 4 is 11.9 Å². The van der Waals surface area contributed by atoms with E-state index in [4.69, 9.17) is 5.11 Å². The number of amides is 1. The predicted molar refractivity (Wildman–Crippen MR) is 102 cm³/mol. The third kappa shape index (κ3) is 12.0. The molecule has 0 fully saturated rings. The summed E-state index contributed by atoms with van der Waals surface area (Å²) in [6, 6.07) is 0. The van der Waals surface area contributed by atoms with Gasteiger partial charge in [0.25, 0.3) is 0 Å². The van der Waals surface area contributed by atoms with Gasteiger partial charge in [-0.2, -0.15) is 0 Å². The fraction of sp³-hybridized carbons (Fsp3) is 0.900. The van der Waals surface area contributed by atoms with Crippen LogP contribution >= 0.6 is 0 Å². The lowest BCUT2D eigenvalue weighted by molar-refractivity contribution is -0.137. The average molecular weight is 358 g/mol. The summed E-state index contributed by atoms with van der Waals surface area (Å²) in [7, 11) is 0. The number of carbonyl (C=O) groups excluding carboxylic acids is 1. The van der Waals surface area contributed by atoms with Crippen LogP contribution < -0.4 is 0 Å². The molecule has 1 unspecified atom stereocenters. The van der Waals surface area contributed by atoms with Crippen LogP contribution in [0.25, 0.3) is 0 Å². The van der Waals surface area contributed by atoms with Crippen LogP contribution in [0.1, 0.15) is 91.9 Å². The quantitative estimate of drug-likeness (QED) is 0.430. The van der Waals surface area contributed by atoms with Crippen LogP contribution in [0.5, 0.6) is 0 Å². The minimum atomic E-state index is -0.745. The summed E-state index contributed by atoms with van der Waals surface area (Å²) < 4.78 is 0. The van der Waals surface area contributed by atoms with E-state index in [9.17, 15) is 14.7 Å². The van der Waals surface area contributed by atoms with Crippen molar-refractivity contribution < 1.29 is 19.8 Å². The van der Waals surface area contributed by atoms with Gasteiger partial charge in [0.2, 0.25) is 5.91 Å². The number of aliphatic carboxylic acids is 1. The Morgan fingerprint density at radius 2 is 1.60 bits per heavy atom. The van der Waals surface area contributed by atoms with E-state index in [-0.39, 0.29) is 23.8 Å². The molecular weight excluding hydrogens is 318 g/mol. The highest BCUT2D eigenvalue weighted by molar-refractivity contribution is 5.73. The van der Waals surface area contributed by atoms with Crippen molar-refractivity contribution in [2.24, 2.45) is 5.41 Å². The molecule has 0 aliphatic heterocycles. The van der Waals surface area contributed by atoms with Gasteiger partial charge in [-0.15, -0.1) is 0 Å². The zero-order valence-corrected chi connectivity index (χ0v) is 16.7. The second-order valence-corrected chi connectivity index (χ2v) is 7.81. The molecule has 0 spiro atoms. The smallest absolute Gasteiger partial charge is 0.303 e. The normalized spacial score (nSPS) is 12.8. The highest BCUT2D eigenvalue weighted by atomic mass is 16.4.